The van der Waals surface area contributed by atoms with E-state index >= 15 is 0 Å². The molecule has 2 aromatic rings. The lowest BCUT2D eigenvalue weighted by atomic mass is 9.92. The number of benzene rings is 2. The zero-order valence-corrected chi connectivity index (χ0v) is 26.1. The molecule has 0 radical (unpaired) electrons. The van der Waals surface area contributed by atoms with Gasteiger partial charge in [0, 0.05) is 36.6 Å². The minimum atomic E-state index is -1.29. The van der Waals surface area contributed by atoms with E-state index in [4.69, 9.17) is 37.9 Å². The molecule has 3 heterocycles. The van der Waals surface area contributed by atoms with Crippen LogP contribution in [0.2, 0.25) is 0 Å². The Morgan fingerprint density at radius 2 is 1.27 bits per heavy atom. The number of carbonyl (C=O) groups is 4. The number of allylic oxidation sites excluding steroid dienone is 1. The van der Waals surface area contributed by atoms with E-state index in [2.05, 4.69) is 0 Å². The zero-order chi connectivity index (χ0) is 32.4. The Balaban J connectivity index is 1.63. The van der Waals surface area contributed by atoms with Crippen LogP contribution in [0.15, 0.2) is 36.1 Å². The molecule has 0 atom stereocenters. The van der Waals surface area contributed by atoms with Gasteiger partial charge in [-0.1, -0.05) is 38.1 Å². The van der Waals surface area contributed by atoms with E-state index in [-0.39, 0.29) is 47.6 Å². The summed E-state index contributed by atoms with van der Waals surface area (Å²) in [4.78, 5) is 52.8. The molecule has 3 aliphatic heterocycles. The van der Waals surface area contributed by atoms with Crippen LogP contribution in [-0.2, 0) is 49.2 Å². The number of hydrogen-bond acceptors (Lipinski definition) is 12. The highest BCUT2D eigenvalue weighted by atomic mass is 16.7. The molecule has 2 fully saturated rings. The number of ether oxygens (including phenoxy) is 8. The van der Waals surface area contributed by atoms with E-state index in [1.54, 1.807) is 38.1 Å². The van der Waals surface area contributed by atoms with Gasteiger partial charge in [0.05, 0.1) is 50.9 Å². The molecule has 0 amide bonds. The molecule has 0 N–H and O–H groups in total. The van der Waals surface area contributed by atoms with Crippen LogP contribution in [0.25, 0.3) is 10.8 Å². The normalized spacial score (nSPS) is 19.8. The lowest BCUT2D eigenvalue weighted by Crippen LogP contribution is -2.35. The first-order chi connectivity index (χ1) is 21.4. The number of hydrogen-bond donors (Lipinski definition) is 0. The van der Waals surface area contributed by atoms with E-state index in [0.29, 0.717) is 50.0 Å². The minimum Gasteiger partial charge on any atom is -0.457 e. The average Bonchev–Trinajstić information content (AvgIpc) is 3.64. The van der Waals surface area contributed by atoms with Gasteiger partial charge in [0.25, 0.3) is 0 Å². The second-order valence-corrected chi connectivity index (χ2v) is 11.5. The van der Waals surface area contributed by atoms with Crippen LogP contribution in [0, 0.1) is 0 Å². The van der Waals surface area contributed by atoms with Crippen molar-refractivity contribution in [1.29, 1.82) is 0 Å². The molecule has 5 rings (SSSR count). The fourth-order valence-corrected chi connectivity index (χ4v) is 5.82. The van der Waals surface area contributed by atoms with Gasteiger partial charge in [-0.15, -0.1) is 0 Å². The van der Waals surface area contributed by atoms with Crippen LogP contribution in [0.5, 0.6) is 11.5 Å². The first kappa shape index (κ1) is 32.6. The third-order valence-electron chi connectivity index (χ3n) is 7.89. The van der Waals surface area contributed by atoms with Crippen LogP contribution in [-0.4, -0.2) is 67.5 Å². The van der Waals surface area contributed by atoms with E-state index in [9.17, 15) is 19.2 Å². The van der Waals surface area contributed by atoms with Crippen LogP contribution < -0.4 is 9.47 Å². The van der Waals surface area contributed by atoms with Gasteiger partial charge in [-0.25, -0.2) is 4.79 Å². The number of carbonyl (C=O) groups excluding carboxylic acids is 4. The van der Waals surface area contributed by atoms with Crippen LogP contribution in [0.1, 0.15) is 76.2 Å². The van der Waals surface area contributed by atoms with Crippen molar-refractivity contribution in [2.45, 2.75) is 84.1 Å². The van der Waals surface area contributed by atoms with Gasteiger partial charge in [0.1, 0.15) is 17.3 Å². The molecule has 0 bridgehead atoms. The van der Waals surface area contributed by atoms with Gasteiger partial charge < -0.3 is 37.9 Å². The lowest BCUT2D eigenvalue weighted by molar-refractivity contribution is -0.205. The standard InChI is InChI=1S/C33H38O12/c1-6-32(38-12-13-39-32)18-26(36)42-29-22-10-8-9-11-23(22)30(43-27(37)19-33(7-2)40-14-15-41-33)28(20(3)34)24(29)16-21-17-25(35)45-31(4,5)44-21/h8-11,17H,6-7,12-16,18-19H2,1-5H3. The van der Waals surface area contributed by atoms with Crippen LogP contribution >= 0.6 is 0 Å². The quantitative estimate of drug-likeness (QED) is 0.194. The molecular formula is C33H38O12. The number of cyclic esters (lactones) is 1. The highest BCUT2D eigenvalue weighted by molar-refractivity contribution is 6.09. The Morgan fingerprint density at radius 1 is 0.778 bits per heavy atom. The SMILES string of the molecule is CCC1(CC(=O)Oc2c(CC3=CC(=O)OC(C)(C)O3)c(C(C)=O)c(OC(=O)CC3(CC)OCCO3)c3ccccc23)OCCO1. The molecule has 0 aliphatic carbocycles. The molecular weight excluding hydrogens is 588 g/mol. The summed E-state index contributed by atoms with van der Waals surface area (Å²) >= 11 is 0. The van der Waals surface area contributed by atoms with E-state index < -0.39 is 41.1 Å². The summed E-state index contributed by atoms with van der Waals surface area (Å²) in [5.74, 6) is -5.81. The average molecular weight is 627 g/mol. The number of ketones is 1. The van der Waals surface area contributed by atoms with Crippen molar-refractivity contribution >= 4 is 34.5 Å². The molecule has 2 aromatic carbocycles. The summed E-state index contributed by atoms with van der Waals surface area (Å²) in [6.07, 6.45) is 1.40. The molecule has 0 aromatic heterocycles. The van der Waals surface area contributed by atoms with Crippen molar-refractivity contribution in [3.05, 3.63) is 47.2 Å². The van der Waals surface area contributed by atoms with Gasteiger partial charge in [-0.2, -0.15) is 0 Å². The summed E-state index contributed by atoms with van der Waals surface area (Å²) in [5.41, 5.74) is 0.176. The zero-order valence-electron chi connectivity index (χ0n) is 26.1. The van der Waals surface area contributed by atoms with Crippen molar-refractivity contribution in [3.8, 4) is 11.5 Å². The lowest BCUT2D eigenvalue weighted by Gasteiger charge is -2.31. The molecule has 0 saturated carbocycles. The van der Waals surface area contributed by atoms with Crippen molar-refractivity contribution in [1.82, 2.24) is 0 Å². The van der Waals surface area contributed by atoms with E-state index in [1.165, 1.54) is 6.92 Å². The molecule has 0 spiro atoms. The molecule has 12 heteroatoms. The smallest absolute Gasteiger partial charge is 0.337 e. The van der Waals surface area contributed by atoms with Gasteiger partial charge in [0.15, 0.2) is 17.4 Å². The third-order valence-corrected chi connectivity index (χ3v) is 7.89. The largest absolute Gasteiger partial charge is 0.457 e. The summed E-state index contributed by atoms with van der Waals surface area (Å²) in [5, 5.41) is 0.752. The van der Waals surface area contributed by atoms with Crippen molar-refractivity contribution < 1.29 is 57.1 Å². The summed E-state index contributed by atoms with van der Waals surface area (Å²) in [6, 6.07) is 6.79. The predicted octanol–water partition coefficient (Wildman–Crippen LogP) is 4.68. The number of rotatable bonds is 11. The van der Waals surface area contributed by atoms with Gasteiger partial charge >= 0.3 is 17.9 Å². The molecule has 45 heavy (non-hydrogen) atoms. The van der Waals surface area contributed by atoms with Gasteiger partial charge in [-0.05, 0) is 19.8 Å². The van der Waals surface area contributed by atoms with Crippen molar-refractivity contribution in [2.75, 3.05) is 26.4 Å². The monoisotopic (exact) mass is 626 g/mol. The Kier molecular flexibility index (Phi) is 9.31. The maximum absolute atomic E-state index is 13.5. The Morgan fingerprint density at radius 3 is 1.73 bits per heavy atom. The molecule has 0 unspecified atom stereocenters. The maximum Gasteiger partial charge on any atom is 0.337 e. The Hall–Kier alpha value is -3.84. The Labute approximate surface area is 260 Å². The minimum absolute atomic E-state index is 0.0107. The molecule has 2 saturated heterocycles. The fourth-order valence-electron chi connectivity index (χ4n) is 5.82. The van der Waals surface area contributed by atoms with E-state index in [1.807, 2.05) is 13.8 Å². The number of esters is 3. The van der Waals surface area contributed by atoms with Gasteiger partial charge in [0.2, 0.25) is 5.79 Å². The van der Waals surface area contributed by atoms with E-state index in [0.717, 1.165) is 6.08 Å². The fraction of sp³-hybridized carbons (Fsp3) is 0.515. The second-order valence-electron chi connectivity index (χ2n) is 11.5. The third kappa shape index (κ3) is 7.04. The predicted molar refractivity (Wildman–Crippen MR) is 157 cm³/mol. The first-order valence-electron chi connectivity index (χ1n) is 15.1. The molecule has 12 nitrogen and oxygen atoms in total. The molecule has 3 aliphatic rings. The number of fused-ring (bicyclic) bond motifs is 1. The number of Topliss-reactive ketones (excluding diaryl/α,β-unsaturated/α-hetero) is 1. The topological polar surface area (TPSA) is 142 Å². The maximum atomic E-state index is 13.5. The second kappa shape index (κ2) is 12.9. The first-order valence-corrected chi connectivity index (χ1v) is 15.1. The highest BCUT2D eigenvalue weighted by Gasteiger charge is 2.40. The summed E-state index contributed by atoms with van der Waals surface area (Å²) in [6.45, 7) is 9.51. The Bertz CT molecular complexity index is 1530. The summed E-state index contributed by atoms with van der Waals surface area (Å²) in [7, 11) is 0. The molecule has 242 valence electrons. The van der Waals surface area contributed by atoms with Crippen LogP contribution in [0.3, 0.4) is 0 Å². The van der Waals surface area contributed by atoms with Crippen molar-refractivity contribution in [2.24, 2.45) is 0 Å². The van der Waals surface area contributed by atoms with Gasteiger partial charge in [-0.3, -0.25) is 14.4 Å². The van der Waals surface area contributed by atoms with Crippen LogP contribution in [0.4, 0.5) is 0 Å². The summed E-state index contributed by atoms with van der Waals surface area (Å²) < 4.78 is 46.0. The highest BCUT2D eigenvalue weighted by Crippen LogP contribution is 2.44. The van der Waals surface area contributed by atoms with Crippen molar-refractivity contribution in [3.63, 3.8) is 0 Å².